The van der Waals surface area contributed by atoms with Crippen LogP contribution in [-0.2, 0) is 10.1 Å². The number of carboxylic acids is 1. The Hall–Kier alpha value is 0.400. The van der Waals surface area contributed by atoms with E-state index in [-0.39, 0.29) is 62.0 Å². The zero-order valence-corrected chi connectivity index (χ0v) is 13.5. The molecule has 0 aliphatic rings. The number of benzene rings is 1. The van der Waals surface area contributed by atoms with E-state index in [1.807, 2.05) is 0 Å². The van der Waals surface area contributed by atoms with E-state index >= 15 is 0 Å². The summed E-state index contributed by atoms with van der Waals surface area (Å²) in [5.74, 6) is -2.10. The van der Waals surface area contributed by atoms with E-state index < -0.39 is 32.3 Å². The number of rotatable bonds is 2. The van der Waals surface area contributed by atoms with Crippen LogP contribution >= 0.6 is 0 Å². The van der Waals surface area contributed by atoms with Gasteiger partial charge in [-0.1, -0.05) is 0 Å². The molecule has 0 aliphatic carbocycles. The molecule has 6 nitrogen and oxygen atoms in total. The number of aromatic hydroxyl groups is 1. The third-order valence-electron chi connectivity index (χ3n) is 1.50. The Balaban J connectivity index is -0.000000245. The molecular formula is C7H8Na2O6S. The quantitative estimate of drug-likeness (QED) is 0.364. The third kappa shape index (κ3) is 4.72. The molecule has 0 saturated carbocycles. The van der Waals surface area contributed by atoms with Crippen molar-refractivity contribution >= 4 is 16.1 Å². The van der Waals surface area contributed by atoms with Gasteiger partial charge in [-0.15, -0.1) is 0 Å². The van der Waals surface area contributed by atoms with Gasteiger partial charge in [0.25, 0.3) is 10.1 Å². The molecule has 0 unspecified atom stereocenters. The van der Waals surface area contributed by atoms with Gasteiger partial charge in [0.15, 0.2) is 0 Å². The van der Waals surface area contributed by atoms with Crippen molar-refractivity contribution in [3.8, 4) is 5.75 Å². The number of aromatic carboxylic acids is 1. The van der Waals surface area contributed by atoms with Crippen molar-refractivity contribution < 1.29 is 89.9 Å². The van der Waals surface area contributed by atoms with E-state index in [1.165, 1.54) is 0 Å². The van der Waals surface area contributed by atoms with Crippen LogP contribution in [0.5, 0.6) is 5.75 Å². The van der Waals surface area contributed by atoms with Crippen molar-refractivity contribution in [1.29, 1.82) is 0 Å². The van der Waals surface area contributed by atoms with Gasteiger partial charge < -0.3 is 13.1 Å². The van der Waals surface area contributed by atoms with Crippen molar-refractivity contribution in [2.24, 2.45) is 0 Å². The molecule has 1 aromatic rings. The Morgan fingerprint density at radius 3 is 2.06 bits per heavy atom. The molecule has 0 aromatic heterocycles. The second-order valence-electron chi connectivity index (χ2n) is 2.46. The molecule has 0 spiro atoms. The second-order valence-corrected chi connectivity index (χ2v) is 3.88. The van der Waals surface area contributed by atoms with Crippen LogP contribution in [0, 0.1) is 0 Å². The molecule has 0 aliphatic heterocycles. The summed E-state index contributed by atoms with van der Waals surface area (Å²) >= 11 is 0. The molecule has 0 amide bonds. The Morgan fingerprint density at radius 2 is 1.75 bits per heavy atom. The van der Waals surface area contributed by atoms with Gasteiger partial charge in [0.05, 0.1) is 4.90 Å². The van der Waals surface area contributed by atoms with Gasteiger partial charge in [-0.25, -0.2) is 4.79 Å². The molecule has 0 heterocycles. The smallest absolute Gasteiger partial charge is 1.00 e. The van der Waals surface area contributed by atoms with Gasteiger partial charge in [0.1, 0.15) is 11.3 Å². The number of carboxylic acid groups (broad SMARTS) is 1. The molecule has 0 atom stereocenters. The first kappa shape index (κ1) is 18.8. The van der Waals surface area contributed by atoms with Crippen molar-refractivity contribution in [1.82, 2.24) is 0 Å². The van der Waals surface area contributed by atoms with Gasteiger partial charge in [0, 0.05) is 6.07 Å². The minimum Gasteiger partial charge on any atom is -1.00 e. The molecule has 3 N–H and O–H groups in total. The minimum atomic E-state index is -4.42. The van der Waals surface area contributed by atoms with E-state index in [0.29, 0.717) is 6.07 Å². The van der Waals surface area contributed by atoms with Crippen LogP contribution in [0.25, 0.3) is 0 Å². The van der Waals surface area contributed by atoms with E-state index in [1.54, 1.807) is 0 Å². The summed E-state index contributed by atoms with van der Waals surface area (Å²) in [5.41, 5.74) is -0.433. The molecule has 16 heavy (non-hydrogen) atoms. The summed E-state index contributed by atoms with van der Waals surface area (Å²) in [6, 6.07) is 2.44. The Labute approximate surface area is 139 Å². The first-order valence-corrected chi connectivity index (χ1v) is 4.80. The van der Waals surface area contributed by atoms with Crippen LogP contribution in [0.1, 0.15) is 13.2 Å². The van der Waals surface area contributed by atoms with Gasteiger partial charge >= 0.3 is 65.1 Å². The second kappa shape index (κ2) is 6.97. The van der Waals surface area contributed by atoms with Crippen LogP contribution in [0.2, 0.25) is 0 Å². The maximum absolute atomic E-state index is 10.6. The fourth-order valence-corrected chi connectivity index (χ4v) is 1.35. The number of hydrogen-bond donors (Lipinski definition) is 3. The molecular weight excluding hydrogens is 258 g/mol. The van der Waals surface area contributed by atoms with Gasteiger partial charge in [-0.2, -0.15) is 8.42 Å². The topological polar surface area (TPSA) is 112 Å². The summed E-state index contributed by atoms with van der Waals surface area (Å²) in [7, 11) is -4.42. The monoisotopic (exact) mass is 266 g/mol. The van der Waals surface area contributed by atoms with E-state index in [0.717, 1.165) is 12.1 Å². The van der Waals surface area contributed by atoms with E-state index in [9.17, 15) is 13.2 Å². The summed E-state index contributed by atoms with van der Waals surface area (Å²) < 4.78 is 29.7. The first-order chi connectivity index (χ1) is 6.32. The van der Waals surface area contributed by atoms with E-state index in [4.69, 9.17) is 14.8 Å². The fourth-order valence-electron chi connectivity index (χ4n) is 0.853. The molecule has 0 radical (unpaired) electrons. The summed E-state index contributed by atoms with van der Waals surface area (Å²) in [6.45, 7) is 0. The Bertz CT molecular complexity index is 493. The number of hydrogen-bond acceptors (Lipinski definition) is 4. The normalized spacial score (nSPS) is 9.81. The zero-order chi connectivity index (χ0) is 10.9. The van der Waals surface area contributed by atoms with Gasteiger partial charge in [-0.05, 0) is 12.1 Å². The molecule has 1 aromatic carbocycles. The molecule has 0 fully saturated rings. The third-order valence-corrected chi connectivity index (χ3v) is 2.35. The largest absolute Gasteiger partial charge is 1.00 e. The minimum absolute atomic E-state index is 0. The predicted octanol–water partition coefficient (Wildman–Crippen LogP) is -5.43. The van der Waals surface area contributed by atoms with Crippen LogP contribution in [-0.4, -0.2) is 29.2 Å². The van der Waals surface area contributed by atoms with Gasteiger partial charge in [0.2, 0.25) is 0 Å². The van der Waals surface area contributed by atoms with Crippen LogP contribution in [0.3, 0.4) is 0 Å². The Kier molecular flexibility index (Phi) is 8.17. The standard InChI is InChI=1S/C7H6O6S.2Na.2H/c8-6-3-4(14(11,12)13)1-2-5(6)7(9)10;;;;/h1-3,8H,(H,9,10)(H,11,12,13);;;;/q;2*+1;2*-1. The van der Waals surface area contributed by atoms with Crippen molar-refractivity contribution in [2.45, 2.75) is 4.90 Å². The molecule has 9 heteroatoms. The molecule has 1 rings (SSSR count). The average molecular weight is 266 g/mol. The summed E-state index contributed by atoms with van der Waals surface area (Å²) in [4.78, 5) is 9.86. The maximum atomic E-state index is 10.6. The predicted molar refractivity (Wildman–Crippen MR) is 47.1 cm³/mol. The molecule has 0 saturated heterocycles. The maximum Gasteiger partial charge on any atom is 1.00 e. The summed E-state index contributed by atoms with van der Waals surface area (Å²) in [6.07, 6.45) is 0. The molecule has 80 valence electrons. The number of phenols is 1. The fraction of sp³-hybridized carbons (Fsp3) is 0. The van der Waals surface area contributed by atoms with E-state index in [2.05, 4.69) is 0 Å². The van der Waals surface area contributed by atoms with Crippen LogP contribution in [0.4, 0.5) is 0 Å². The van der Waals surface area contributed by atoms with Gasteiger partial charge in [-0.3, -0.25) is 4.55 Å². The zero-order valence-electron chi connectivity index (χ0n) is 10.7. The SMILES string of the molecule is O=C(O)c1ccc(S(=O)(=O)O)cc1O.[H-].[H-].[Na+].[Na+]. The number of carbonyl (C=O) groups is 1. The van der Waals surface area contributed by atoms with Crippen molar-refractivity contribution in [2.75, 3.05) is 0 Å². The van der Waals surface area contributed by atoms with Crippen LogP contribution < -0.4 is 59.1 Å². The van der Waals surface area contributed by atoms with Crippen molar-refractivity contribution in [3.05, 3.63) is 23.8 Å². The summed E-state index contributed by atoms with van der Waals surface area (Å²) in [5, 5.41) is 17.6. The van der Waals surface area contributed by atoms with Crippen LogP contribution in [0.15, 0.2) is 23.1 Å². The van der Waals surface area contributed by atoms with Crippen molar-refractivity contribution in [3.63, 3.8) is 0 Å². The Morgan fingerprint density at radius 1 is 1.25 bits per heavy atom. The average Bonchev–Trinajstić information content (AvgIpc) is 2.01. The molecule has 0 bridgehead atoms. The first-order valence-electron chi connectivity index (χ1n) is 3.36.